The third-order valence-corrected chi connectivity index (χ3v) is 3.74. The molecule has 128 valence electrons. The summed E-state index contributed by atoms with van der Waals surface area (Å²) in [5, 5.41) is 6.25. The Labute approximate surface area is 144 Å². The number of pyridine rings is 1. The summed E-state index contributed by atoms with van der Waals surface area (Å²) in [4.78, 5) is 18.4. The minimum atomic E-state index is -0.130. The van der Waals surface area contributed by atoms with Crippen molar-refractivity contribution >= 4 is 17.3 Å². The van der Waals surface area contributed by atoms with Crippen LogP contribution in [-0.2, 0) is 6.42 Å². The van der Waals surface area contributed by atoms with Gasteiger partial charge in [-0.25, -0.2) is 4.98 Å². The summed E-state index contributed by atoms with van der Waals surface area (Å²) in [5.41, 5.74) is 3.64. The molecule has 24 heavy (non-hydrogen) atoms. The SMILES string of the molecule is CCc1ccccc1Nc1ccc(C(=O)NCCCN(C)C)nc1. The van der Waals surface area contributed by atoms with E-state index in [1.165, 1.54) is 5.56 Å². The van der Waals surface area contributed by atoms with E-state index < -0.39 is 0 Å². The van der Waals surface area contributed by atoms with Crippen molar-refractivity contribution in [2.75, 3.05) is 32.5 Å². The minimum Gasteiger partial charge on any atom is -0.354 e. The topological polar surface area (TPSA) is 57.3 Å². The van der Waals surface area contributed by atoms with Crippen molar-refractivity contribution in [2.45, 2.75) is 19.8 Å². The number of carbonyl (C=O) groups is 1. The van der Waals surface area contributed by atoms with Crippen LogP contribution < -0.4 is 10.6 Å². The second-order valence-electron chi connectivity index (χ2n) is 5.98. The molecule has 0 saturated carbocycles. The Morgan fingerprint density at radius 1 is 1.17 bits per heavy atom. The molecule has 1 aromatic carbocycles. The molecule has 0 atom stereocenters. The van der Waals surface area contributed by atoms with Crippen LogP contribution in [0.4, 0.5) is 11.4 Å². The number of aryl methyl sites for hydroxylation is 1. The molecule has 0 aliphatic heterocycles. The van der Waals surface area contributed by atoms with E-state index in [4.69, 9.17) is 0 Å². The highest BCUT2D eigenvalue weighted by atomic mass is 16.1. The van der Waals surface area contributed by atoms with Gasteiger partial charge in [-0.1, -0.05) is 25.1 Å². The van der Waals surface area contributed by atoms with Gasteiger partial charge in [-0.2, -0.15) is 0 Å². The highest BCUT2D eigenvalue weighted by Gasteiger charge is 2.07. The number of nitrogens with zero attached hydrogens (tertiary/aromatic N) is 2. The molecule has 0 saturated heterocycles. The van der Waals surface area contributed by atoms with Gasteiger partial charge in [-0.15, -0.1) is 0 Å². The molecule has 0 unspecified atom stereocenters. The number of hydrogen-bond donors (Lipinski definition) is 2. The van der Waals surface area contributed by atoms with Crippen molar-refractivity contribution < 1.29 is 4.79 Å². The highest BCUT2D eigenvalue weighted by Crippen LogP contribution is 2.20. The summed E-state index contributed by atoms with van der Waals surface area (Å²) in [7, 11) is 4.04. The number of amides is 1. The lowest BCUT2D eigenvalue weighted by atomic mass is 10.1. The van der Waals surface area contributed by atoms with Gasteiger partial charge in [-0.05, 0) is 57.2 Å². The monoisotopic (exact) mass is 326 g/mol. The maximum absolute atomic E-state index is 12.1. The van der Waals surface area contributed by atoms with Gasteiger partial charge in [0.25, 0.3) is 5.91 Å². The van der Waals surface area contributed by atoms with E-state index in [0.717, 1.165) is 30.8 Å². The molecular formula is C19H26N4O. The van der Waals surface area contributed by atoms with Crippen LogP contribution in [0.25, 0.3) is 0 Å². The summed E-state index contributed by atoms with van der Waals surface area (Å²) < 4.78 is 0. The van der Waals surface area contributed by atoms with Gasteiger partial charge in [0.1, 0.15) is 5.69 Å². The van der Waals surface area contributed by atoms with E-state index in [0.29, 0.717) is 12.2 Å². The summed E-state index contributed by atoms with van der Waals surface area (Å²) >= 11 is 0. The molecule has 0 aliphatic carbocycles. The van der Waals surface area contributed by atoms with Gasteiger partial charge in [-0.3, -0.25) is 4.79 Å². The zero-order valence-corrected chi connectivity index (χ0v) is 14.7. The third-order valence-electron chi connectivity index (χ3n) is 3.74. The molecule has 1 heterocycles. The van der Waals surface area contributed by atoms with E-state index in [1.54, 1.807) is 12.3 Å². The molecule has 0 radical (unpaired) electrons. The first-order valence-corrected chi connectivity index (χ1v) is 8.34. The van der Waals surface area contributed by atoms with Crippen LogP contribution in [0.5, 0.6) is 0 Å². The molecule has 0 aliphatic rings. The number of hydrogen-bond acceptors (Lipinski definition) is 4. The maximum Gasteiger partial charge on any atom is 0.269 e. The number of rotatable bonds is 8. The maximum atomic E-state index is 12.1. The molecule has 2 N–H and O–H groups in total. The van der Waals surface area contributed by atoms with Gasteiger partial charge in [0.05, 0.1) is 11.9 Å². The van der Waals surface area contributed by atoms with Crippen LogP contribution in [0.2, 0.25) is 0 Å². The zero-order chi connectivity index (χ0) is 17.4. The summed E-state index contributed by atoms with van der Waals surface area (Å²) in [6.07, 6.45) is 3.58. The average Bonchev–Trinajstić information content (AvgIpc) is 2.59. The zero-order valence-electron chi connectivity index (χ0n) is 14.7. The number of nitrogens with one attached hydrogen (secondary N) is 2. The fourth-order valence-electron chi connectivity index (χ4n) is 2.40. The molecule has 1 aromatic heterocycles. The number of para-hydroxylation sites is 1. The fraction of sp³-hybridized carbons (Fsp3) is 0.368. The minimum absolute atomic E-state index is 0.130. The lowest BCUT2D eigenvalue weighted by Gasteiger charge is -2.11. The number of anilines is 2. The van der Waals surface area contributed by atoms with Crippen LogP contribution in [0.15, 0.2) is 42.6 Å². The lowest BCUT2D eigenvalue weighted by Crippen LogP contribution is -2.27. The molecule has 5 heteroatoms. The molecule has 2 rings (SSSR count). The van der Waals surface area contributed by atoms with Crippen molar-refractivity contribution in [3.63, 3.8) is 0 Å². The Morgan fingerprint density at radius 2 is 1.96 bits per heavy atom. The summed E-state index contributed by atoms with van der Waals surface area (Å²) in [5.74, 6) is -0.130. The van der Waals surface area contributed by atoms with Crippen LogP contribution >= 0.6 is 0 Å². The van der Waals surface area contributed by atoms with E-state index in [-0.39, 0.29) is 5.91 Å². The van der Waals surface area contributed by atoms with Crippen LogP contribution in [-0.4, -0.2) is 43.0 Å². The van der Waals surface area contributed by atoms with Crippen molar-refractivity contribution in [1.82, 2.24) is 15.2 Å². The van der Waals surface area contributed by atoms with E-state index in [1.807, 2.05) is 38.4 Å². The second kappa shape index (κ2) is 9.03. The van der Waals surface area contributed by atoms with Crippen molar-refractivity contribution in [2.24, 2.45) is 0 Å². The predicted molar refractivity (Wildman–Crippen MR) is 98.8 cm³/mol. The summed E-state index contributed by atoms with van der Waals surface area (Å²) in [6.45, 7) is 3.73. The normalized spacial score (nSPS) is 10.7. The Morgan fingerprint density at radius 3 is 2.62 bits per heavy atom. The Balaban J connectivity index is 1.91. The van der Waals surface area contributed by atoms with Crippen molar-refractivity contribution in [3.8, 4) is 0 Å². The quantitative estimate of drug-likeness (QED) is 0.732. The van der Waals surface area contributed by atoms with E-state index in [9.17, 15) is 4.79 Å². The number of aromatic nitrogens is 1. The first-order chi connectivity index (χ1) is 11.6. The van der Waals surface area contributed by atoms with Crippen molar-refractivity contribution in [3.05, 3.63) is 53.9 Å². The molecular weight excluding hydrogens is 300 g/mol. The van der Waals surface area contributed by atoms with Gasteiger partial charge < -0.3 is 15.5 Å². The van der Waals surface area contributed by atoms with Crippen LogP contribution in [0.1, 0.15) is 29.4 Å². The Hall–Kier alpha value is -2.40. The first kappa shape index (κ1) is 17.9. The molecule has 5 nitrogen and oxygen atoms in total. The number of carbonyl (C=O) groups excluding carboxylic acids is 1. The predicted octanol–water partition coefficient (Wildman–Crippen LogP) is 3.07. The Bertz CT molecular complexity index is 653. The van der Waals surface area contributed by atoms with Crippen LogP contribution in [0, 0.1) is 0 Å². The van der Waals surface area contributed by atoms with Crippen molar-refractivity contribution in [1.29, 1.82) is 0 Å². The molecule has 0 bridgehead atoms. The first-order valence-electron chi connectivity index (χ1n) is 8.34. The standard InChI is InChI=1S/C19H26N4O/c1-4-15-8-5-6-9-17(15)22-16-10-11-18(21-14-16)19(24)20-12-7-13-23(2)3/h5-6,8-11,14,22H,4,7,12-13H2,1-3H3,(H,20,24). The Kier molecular flexibility index (Phi) is 6.75. The molecule has 2 aromatic rings. The fourth-order valence-corrected chi connectivity index (χ4v) is 2.40. The second-order valence-corrected chi connectivity index (χ2v) is 5.98. The van der Waals surface area contributed by atoms with E-state index >= 15 is 0 Å². The largest absolute Gasteiger partial charge is 0.354 e. The molecule has 0 fully saturated rings. The van der Waals surface area contributed by atoms with Gasteiger partial charge >= 0.3 is 0 Å². The lowest BCUT2D eigenvalue weighted by molar-refractivity contribution is 0.0947. The third kappa shape index (κ3) is 5.35. The smallest absolute Gasteiger partial charge is 0.269 e. The van der Waals surface area contributed by atoms with Gasteiger partial charge in [0.2, 0.25) is 0 Å². The average molecular weight is 326 g/mol. The number of benzene rings is 1. The molecule has 1 amide bonds. The van der Waals surface area contributed by atoms with Gasteiger partial charge in [0, 0.05) is 12.2 Å². The highest BCUT2D eigenvalue weighted by molar-refractivity contribution is 5.92. The van der Waals surface area contributed by atoms with E-state index in [2.05, 4.69) is 33.5 Å². The van der Waals surface area contributed by atoms with Gasteiger partial charge in [0.15, 0.2) is 0 Å². The van der Waals surface area contributed by atoms with Crippen LogP contribution in [0.3, 0.4) is 0 Å². The summed E-state index contributed by atoms with van der Waals surface area (Å²) in [6, 6.07) is 11.8. The molecule has 0 spiro atoms.